The lowest BCUT2D eigenvalue weighted by Crippen LogP contribution is -2.57. The second-order valence-electron chi connectivity index (χ2n) is 12.2. The molecule has 1 aliphatic heterocycles. The summed E-state index contributed by atoms with van der Waals surface area (Å²) in [6.45, 7) is 7.53. The molecule has 3 aromatic carbocycles. The lowest BCUT2D eigenvalue weighted by atomic mass is 9.65. The third kappa shape index (κ3) is 6.42. The molecule has 2 fully saturated rings. The van der Waals surface area contributed by atoms with Crippen molar-refractivity contribution in [3.63, 3.8) is 0 Å². The number of carbonyl (C=O) groups is 2. The molecule has 5 rings (SSSR count). The van der Waals surface area contributed by atoms with E-state index in [1.807, 2.05) is 44.2 Å². The maximum Gasteiger partial charge on any atom is 0.304 e. The van der Waals surface area contributed by atoms with E-state index in [2.05, 4.69) is 6.58 Å². The van der Waals surface area contributed by atoms with E-state index < -0.39 is 43.8 Å². The van der Waals surface area contributed by atoms with Crippen LogP contribution in [0.5, 0.6) is 0 Å². The quantitative estimate of drug-likeness (QED) is 0.204. The van der Waals surface area contributed by atoms with E-state index in [-0.39, 0.29) is 24.2 Å². The molecule has 0 spiro atoms. The third-order valence-corrected chi connectivity index (χ3v) is 13.0. The van der Waals surface area contributed by atoms with Crippen molar-refractivity contribution in [3.8, 4) is 0 Å². The Bertz CT molecular complexity index is 1710. The van der Waals surface area contributed by atoms with Crippen molar-refractivity contribution < 1.29 is 23.1 Å². The number of benzene rings is 3. The molecule has 1 saturated carbocycles. The Hall–Kier alpha value is -2.84. The van der Waals surface area contributed by atoms with Gasteiger partial charge in [-0.25, -0.2) is 8.42 Å². The number of sulfone groups is 1. The van der Waals surface area contributed by atoms with Gasteiger partial charge in [0.15, 0.2) is 9.84 Å². The first-order valence-electron chi connectivity index (χ1n) is 15.0. The first-order valence-corrected chi connectivity index (χ1v) is 17.7. The van der Waals surface area contributed by atoms with E-state index in [1.165, 1.54) is 6.08 Å². The fraction of sp³-hybridized carbons (Fsp3) is 0.371. The number of halogens is 3. The van der Waals surface area contributed by atoms with Crippen molar-refractivity contribution in [3.05, 3.63) is 117 Å². The second kappa shape index (κ2) is 13.1. The van der Waals surface area contributed by atoms with Crippen LogP contribution < -0.4 is 0 Å². The summed E-state index contributed by atoms with van der Waals surface area (Å²) in [7, 11) is -3.79. The van der Waals surface area contributed by atoms with Crippen LogP contribution in [0.2, 0.25) is 15.1 Å². The van der Waals surface area contributed by atoms with Crippen molar-refractivity contribution in [2.24, 2.45) is 11.3 Å². The molecule has 10 heteroatoms. The molecule has 0 radical (unpaired) electrons. The van der Waals surface area contributed by atoms with Crippen LogP contribution in [-0.4, -0.2) is 41.6 Å². The zero-order valence-corrected chi connectivity index (χ0v) is 28.2. The van der Waals surface area contributed by atoms with E-state index in [0.717, 1.165) is 11.1 Å². The van der Waals surface area contributed by atoms with Gasteiger partial charge in [-0.1, -0.05) is 90.3 Å². The van der Waals surface area contributed by atoms with Gasteiger partial charge < -0.3 is 10.0 Å². The summed E-state index contributed by atoms with van der Waals surface area (Å²) < 4.78 is 28.1. The zero-order valence-electron chi connectivity index (χ0n) is 25.1. The van der Waals surface area contributed by atoms with Crippen molar-refractivity contribution in [1.29, 1.82) is 0 Å². The number of hydrogen-bond acceptors (Lipinski definition) is 4. The summed E-state index contributed by atoms with van der Waals surface area (Å²) in [5.74, 6) is -2.04. The molecule has 45 heavy (non-hydrogen) atoms. The molecule has 3 aromatic rings. The van der Waals surface area contributed by atoms with Gasteiger partial charge in [0.2, 0.25) is 5.91 Å². The summed E-state index contributed by atoms with van der Waals surface area (Å²) in [5, 5.41) is 9.68. The summed E-state index contributed by atoms with van der Waals surface area (Å²) in [5.41, 5.74) is 0.971. The molecule has 1 aliphatic carbocycles. The number of amides is 1. The van der Waals surface area contributed by atoms with Gasteiger partial charge in [-0.05, 0) is 79.1 Å². The Kier molecular flexibility index (Phi) is 9.77. The van der Waals surface area contributed by atoms with Gasteiger partial charge in [0.1, 0.15) is 5.25 Å². The van der Waals surface area contributed by atoms with Gasteiger partial charge in [0.25, 0.3) is 0 Å². The summed E-state index contributed by atoms with van der Waals surface area (Å²) >= 11 is 19.1. The predicted octanol–water partition coefficient (Wildman–Crippen LogP) is 8.69. The van der Waals surface area contributed by atoms with Crippen LogP contribution in [0.1, 0.15) is 73.4 Å². The standard InChI is InChI=1S/C35H36Cl3NO5S/c1-4-30(26-11-6-7-12-29(26)38)45(43,44)31-18-27(31)21(3)39-33(22-13-15-24(36)16-14-22)28(23-9-8-10-25(37)17-23)19-35(5-2,34(39)42)20-32(40)41/h4,6-17,21,27-28,30-31,33H,1,5,18-20H2,2-3H3,(H,40,41). The lowest BCUT2D eigenvalue weighted by Gasteiger charge is -2.52. The summed E-state index contributed by atoms with van der Waals surface area (Å²) in [6.07, 6.45) is 2.03. The number of rotatable bonds is 11. The molecule has 238 valence electrons. The van der Waals surface area contributed by atoms with Crippen molar-refractivity contribution >= 4 is 56.5 Å². The Morgan fingerprint density at radius 2 is 1.73 bits per heavy atom. The summed E-state index contributed by atoms with van der Waals surface area (Å²) in [4.78, 5) is 28.7. The van der Waals surface area contributed by atoms with Crippen molar-refractivity contribution in [2.75, 3.05) is 0 Å². The average molecular weight is 689 g/mol. The SMILES string of the molecule is C=CC(c1ccccc1Cl)S(=O)(=O)C1CC1C(C)N1C(=O)C(CC)(CC(=O)O)CC(c2cccc(Cl)c2)C1c1ccc(Cl)cc1. The number of piperidine rings is 1. The highest BCUT2D eigenvalue weighted by Gasteiger charge is 2.59. The number of carboxylic acid groups (broad SMARTS) is 1. The van der Waals surface area contributed by atoms with Crippen LogP contribution in [0.15, 0.2) is 85.5 Å². The summed E-state index contributed by atoms with van der Waals surface area (Å²) in [6, 6.07) is 20.5. The van der Waals surface area contributed by atoms with Gasteiger partial charge in [-0.3, -0.25) is 9.59 Å². The molecule has 0 aromatic heterocycles. The van der Waals surface area contributed by atoms with Gasteiger partial charge in [-0.2, -0.15) is 0 Å². The first kappa shape index (κ1) is 33.5. The number of carbonyl (C=O) groups excluding carboxylic acids is 1. The van der Waals surface area contributed by atoms with Gasteiger partial charge in [0.05, 0.1) is 23.1 Å². The zero-order chi connectivity index (χ0) is 32.7. The van der Waals surface area contributed by atoms with Crippen LogP contribution in [0.3, 0.4) is 0 Å². The maximum atomic E-state index is 14.7. The highest BCUT2D eigenvalue weighted by Crippen LogP contribution is 2.56. The van der Waals surface area contributed by atoms with Gasteiger partial charge in [0, 0.05) is 27.0 Å². The Morgan fingerprint density at radius 1 is 1.04 bits per heavy atom. The predicted molar refractivity (Wildman–Crippen MR) is 179 cm³/mol. The van der Waals surface area contributed by atoms with Crippen LogP contribution in [0, 0.1) is 11.3 Å². The van der Waals surface area contributed by atoms with E-state index in [9.17, 15) is 23.1 Å². The first-order chi connectivity index (χ1) is 21.3. The average Bonchev–Trinajstić information content (AvgIpc) is 3.81. The third-order valence-electron chi connectivity index (χ3n) is 9.67. The number of carboxylic acids is 1. The van der Waals surface area contributed by atoms with Crippen LogP contribution >= 0.6 is 34.8 Å². The fourth-order valence-corrected chi connectivity index (χ4v) is 10.3. The molecular weight excluding hydrogens is 653 g/mol. The molecule has 2 aliphatic rings. The van der Waals surface area contributed by atoms with Crippen molar-refractivity contribution in [2.45, 2.75) is 68.0 Å². The maximum absolute atomic E-state index is 14.7. The van der Waals surface area contributed by atoms with E-state index >= 15 is 0 Å². The number of nitrogens with zero attached hydrogens (tertiary/aromatic N) is 1. The van der Waals surface area contributed by atoms with Crippen LogP contribution in [-0.2, 0) is 19.4 Å². The Morgan fingerprint density at radius 3 is 2.33 bits per heavy atom. The monoisotopic (exact) mass is 687 g/mol. The number of aliphatic carboxylic acids is 1. The van der Waals surface area contributed by atoms with E-state index in [4.69, 9.17) is 34.8 Å². The largest absolute Gasteiger partial charge is 0.481 e. The highest BCUT2D eigenvalue weighted by molar-refractivity contribution is 7.92. The minimum Gasteiger partial charge on any atom is -0.481 e. The molecule has 0 bridgehead atoms. The molecule has 6 nitrogen and oxygen atoms in total. The normalized spacial score (nSPS) is 26.2. The second-order valence-corrected chi connectivity index (χ2v) is 15.8. The molecule has 1 heterocycles. The minimum atomic E-state index is -3.79. The lowest BCUT2D eigenvalue weighted by molar-refractivity contribution is -0.162. The van der Waals surface area contributed by atoms with Crippen molar-refractivity contribution in [1.82, 2.24) is 4.90 Å². The van der Waals surface area contributed by atoms with E-state index in [0.29, 0.717) is 39.9 Å². The number of hydrogen-bond donors (Lipinski definition) is 1. The molecular formula is C35H36Cl3NO5S. The molecule has 1 saturated heterocycles. The van der Waals surface area contributed by atoms with Gasteiger partial charge >= 0.3 is 5.97 Å². The minimum absolute atomic E-state index is 0.285. The van der Waals surface area contributed by atoms with Gasteiger partial charge in [-0.15, -0.1) is 6.58 Å². The van der Waals surface area contributed by atoms with Crippen LogP contribution in [0.25, 0.3) is 0 Å². The highest BCUT2D eigenvalue weighted by atomic mass is 35.5. The van der Waals surface area contributed by atoms with Crippen LogP contribution in [0.4, 0.5) is 0 Å². The molecule has 1 amide bonds. The molecule has 1 N–H and O–H groups in total. The smallest absolute Gasteiger partial charge is 0.304 e. The Labute approximate surface area is 279 Å². The topological polar surface area (TPSA) is 91.8 Å². The van der Waals surface area contributed by atoms with E-state index in [1.54, 1.807) is 47.4 Å². The molecule has 7 unspecified atom stereocenters. The molecule has 7 atom stereocenters. The fourth-order valence-electron chi connectivity index (χ4n) is 7.21. The number of likely N-dealkylation sites (tertiary alicyclic amines) is 1. The Balaban J connectivity index is 1.61.